The third kappa shape index (κ3) is 6.69. The Bertz CT molecular complexity index is 1410. The van der Waals surface area contributed by atoms with Crippen LogP contribution in [0.2, 0.25) is 0 Å². The summed E-state index contributed by atoms with van der Waals surface area (Å²) in [5.74, 6) is 0.634. The van der Waals surface area contributed by atoms with E-state index in [9.17, 15) is 9.59 Å². The van der Waals surface area contributed by atoms with Crippen molar-refractivity contribution in [1.29, 1.82) is 0 Å². The summed E-state index contributed by atoms with van der Waals surface area (Å²) in [5.41, 5.74) is 3.84. The number of thiophene rings is 1. The zero-order chi connectivity index (χ0) is 26.9. The monoisotopic (exact) mass is 527 g/mol. The van der Waals surface area contributed by atoms with E-state index in [0.717, 1.165) is 38.6 Å². The zero-order valence-electron chi connectivity index (χ0n) is 21.5. The second-order valence-electron chi connectivity index (χ2n) is 8.35. The van der Waals surface area contributed by atoms with Crippen molar-refractivity contribution in [1.82, 2.24) is 0 Å². The van der Waals surface area contributed by atoms with Crippen molar-refractivity contribution in [3.8, 4) is 22.6 Å². The van der Waals surface area contributed by atoms with Crippen LogP contribution in [0.4, 0.5) is 5.00 Å². The molecule has 0 saturated heterocycles. The highest BCUT2D eigenvalue weighted by molar-refractivity contribution is 7.17. The third-order valence-corrected chi connectivity index (χ3v) is 6.74. The quantitative estimate of drug-likeness (QED) is 0.175. The molecule has 0 saturated carbocycles. The molecule has 6 nitrogen and oxygen atoms in total. The maximum atomic E-state index is 12.8. The number of rotatable bonds is 10. The molecule has 0 unspecified atom stereocenters. The van der Waals surface area contributed by atoms with E-state index >= 15 is 0 Å². The molecule has 38 heavy (non-hydrogen) atoms. The Balaban J connectivity index is 1.45. The van der Waals surface area contributed by atoms with Crippen LogP contribution < -0.4 is 14.8 Å². The van der Waals surface area contributed by atoms with Crippen LogP contribution in [-0.4, -0.2) is 25.6 Å². The second-order valence-corrected chi connectivity index (χ2v) is 9.58. The molecule has 4 rings (SSSR count). The first-order chi connectivity index (χ1) is 18.5. The van der Waals surface area contributed by atoms with Gasteiger partial charge in [-0.25, -0.2) is 4.79 Å². The maximum absolute atomic E-state index is 12.8. The van der Waals surface area contributed by atoms with Crippen LogP contribution in [-0.2, 0) is 16.1 Å². The Morgan fingerprint density at radius 2 is 1.55 bits per heavy atom. The normalized spacial score (nSPS) is 10.8. The van der Waals surface area contributed by atoms with E-state index in [1.807, 2.05) is 92.7 Å². The second kappa shape index (κ2) is 12.7. The molecule has 0 radical (unpaired) electrons. The van der Waals surface area contributed by atoms with Crippen molar-refractivity contribution in [2.45, 2.75) is 20.5 Å². The highest BCUT2D eigenvalue weighted by atomic mass is 32.1. The van der Waals surface area contributed by atoms with Crippen molar-refractivity contribution in [2.24, 2.45) is 0 Å². The van der Waals surface area contributed by atoms with E-state index in [1.54, 1.807) is 6.08 Å². The Hall–Kier alpha value is -4.36. The number of nitrogens with one attached hydrogen (secondary N) is 1. The zero-order valence-corrected chi connectivity index (χ0v) is 22.3. The fraction of sp³-hybridized carbons (Fsp3) is 0.161. The summed E-state index contributed by atoms with van der Waals surface area (Å²) in [4.78, 5) is 26.4. The predicted octanol–water partition coefficient (Wildman–Crippen LogP) is 7.14. The topological polar surface area (TPSA) is 73.9 Å². The standard InChI is InChI=1S/C31H29NO5S/c1-4-36-25-17-13-24(14-18-25)28-21(2)38-30(29(28)31(34)35-3)32-27(33)19-12-22-10-15-26(16-11-22)37-20-23-8-6-5-7-9-23/h5-19H,4,20H2,1-3H3,(H,32,33)/b19-12+. The average Bonchev–Trinajstić information content (AvgIpc) is 3.27. The van der Waals surface area contributed by atoms with Gasteiger partial charge in [-0.15, -0.1) is 11.3 Å². The number of amides is 1. The summed E-state index contributed by atoms with van der Waals surface area (Å²) in [5, 5.41) is 3.29. The average molecular weight is 528 g/mol. The highest BCUT2D eigenvalue weighted by Gasteiger charge is 2.24. The number of esters is 1. The number of hydrogen-bond donors (Lipinski definition) is 1. The van der Waals surface area contributed by atoms with E-state index in [-0.39, 0.29) is 5.91 Å². The lowest BCUT2D eigenvalue weighted by atomic mass is 10.0. The Morgan fingerprint density at radius 1 is 0.895 bits per heavy atom. The number of ether oxygens (including phenoxy) is 3. The fourth-order valence-corrected chi connectivity index (χ4v) is 4.97. The molecule has 1 amide bonds. The summed E-state index contributed by atoms with van der Waals surface area (Å²) in [7, 11) is 1.33. The number of carbonyl (C=O) groups excluding carboxylic acids is 2. The molecule has 0 aliphatic carbocycles. The van der Waals surface area contributed by atoms with Gasteiger partial charge in [0.25, 0.3) is 0 Å². The molecule has 3 aromatic carbocycles. The minimum atomic E-state index is -0.511. The van der Waals surface area contributed by atoms with Crippen molar-refractivity contribution in [3.05, 3.63) is 107 Å². The molecule has 0 atom stereocenters. The third-order valence-electron chi connectivity index (χ3n) is 5.72. The summed E-state index contributed by atoms with van der Waals surface area (Å²) in [6.07, 6.45) is 3.15. The van der Waals surface area contributed by atoms with Gasteiger partial charge in [-0.05, 0) is 60.9 Å². The van der Waals surface area contributed by atoms with Gasteiger partial charge in [-0.2, -0.15) is 0 Å². The van der Waals surface area contributed by atoms with Gasteiger partial charge in [0.05, 0.1) is 13.7 Å². The first-order valence-corrected chi connectivity index (χ1v) is 13.0. The number of aryl methyl sites for hydroxylation is 1. The molecule has 194 valence electrons. The number of carbonyl (C=O) groups is 2. The molecule has 0 spiro atoms. The van der Waals surface area contributed by atoms with Crippen molar-refractivity contribution < 1.29 is 23.8 Å². The van der Waals surface area contributed by atoms with Gasteiger partial charge in [0.1, 0.15) is 28.7 Å². The molecule has 7 heteroatoms. The number of benzene rings is 3. The van der Waals surface area contributed by atoms with Gasteiger partial charge in [0.2, 0.25) is 5.91 Å². The summed E-state index contributed by atoms with van der Waals surface area (Å²) >= 11 is 1.34. The fourth-order valence-electron chi connectivity index (χ4n) is 3.90. The molecule has 4 aromatic rings. The van der Waals surface area contributed by atoms with Crippen molar-refractivity contribution in [3.63, 3.8) is 0 Å². The highest BCUT2D eigenvalue weighted by Crippen LogP contribution is 2.40. The lowest BCUT2D eigenvalue weighted by Gasteiger charge is -2.09. The molecule has 0 aliphatic heterocycles. The molecule has 0 aliphatic rings. The molecule has 1 heterocycles. The van der Waals surface area contributed by atoms with Crippen molar-refractivity contribution >= 4 is 34.3 Å². The summed E-state index contributed by atoms with van der Waals surface area (Å²) in [6, 6.07) is 24.9. The number of anilines is 1. The van der Waals surface area contributed by atoms with E-state index < -0.39 is 5.97 Å². The van der Waals surface area contributed by atoms with Crippen LogP contribution in [0, 0.1) is 6.92 Å². The summed E-state index contributed by atoms with van der Waals surface area (Å²) in [6.45, 7) is 4.89. The van der Waals surface area contributed by atoms with Gasteiger partial charge in [0.15, 0.2) is 0 Å². The smallest absolute Gasteiger partial charge is 0.341 e. The minimum absolute atomic E-state index is 0.334. The van der Waals surface area contributed by atoms with Crippen LogP contribution in [0.15, 0.2) is 84.9 Å². The van der Waals surface area contributed by atoms with Gasteiger partial charge in [-0.3, -0.25) is 4.79 Å². The maximum Gasteiger partial charge on any atom is 0.341 e. The van der Waals surface area contributed by atoms with Gasteiger partial charge in [0, 0.05) is 16.5 Å². The Morgan fingerprint density at radius 3 is 2.21 bits per heavy atom. The first kappa shape index (κ1) is 26.7. The predicted molar refractivity (Wildman–Crippen MR) is 152 cm³/mol. The molecule has 0 bridgehead atoms. The van der Waals surface area contributed by atoms with E-state index in [0.29, 0.717) is 23.8 Å². The molecule has 1 N–H and O–H groups in total. The van der Waals surface area contributed by atoms with E-state index in [4.69, 9.17) is 14.2 Å². The van der Waals surface area contributed by atoms with Gasteiger partial charge in [-0.1, -0.05) is 54.6 Å². The van der Waals surface area contributed by atoms with Crippen LogP contribution in [0.3, 0.4) is 0 Å². The van der Waals surface area contributed by atoms with Gasteiger partial charge >= 0.3 is 5.97 Å². The summed E-state index contributed by atoms with van der Waals surface area (Å²) < 4.78 is 16.4. The molecule has 1 aromatic heterocycles. The number of methoxy groups -OCH3 is 1. The van der Waals surface area contributed by atoms with Gasteiger partial charge < -0.3 is 19.5 Å². The molecule has 0 fully saturated rings. The lowest BCUT2D eigenvalue weighted by molar-refractivity contribution is -0.111. The number of hydrogen-bond acceptors (Lipinski definition) is 6. The van der Waals surface area contributed by atoms with Crippen LogP contribution >= 0.6 is 11.3 Å². The SMILES string of the molecule is CCOc1ccc(-c2c(C)sc(NC(=O)/C=C/c3ccc(OCc4ccccc4)cc3)c2C(=O)OC)cc1. The largest absolute Gasteiger partial charge is 0.494 e. The van der Waals surface area contributed by atoms with E-state index in [2.05, 4.69) is 5.32 Å². The van der Waals surface area contributed by atoms with Crippen LogP contribution in [0.5, 0.6) is 11.5 Å². The van der Waals surface area contributed by atoms with Crippen molar-refractivity contribution in [2.75, 3.05) is 19.0 Å². The Labute approximate surface area is 226 Å². The minimum Gasteiger partial charge on any atom is -0.494 e. The Kier molecular flexibility index (Phi) is 8.95. The lowest BCUT2D eigenvalue weighted by Crippen LogP contribution is -2.11. The molecular weight excluding hydrogens is 498 g/mol. The van der Waals surface area contributed by atoms with Crippen LogP contribution in [0.1, 0.15) is 33.3 Å². The van der Waals surface area contributed by atoms with Crippen LogP contribution in [0.25, 0.3) is 17.2 Å². The van der Waals surface area contributed by atoms with E-state index in [1.165, 1.54) is 24.5 Å². The molecular formula is C31H29NO5S. The first-order valence-electron chi connectivity index (χ1n) is 12.2.